The lowest BCUT2D eigenvalue weighted by Crippen LogP contribution is -2.21. The fourth-order valence-corrected chi connectivity index (χ4v) is 2.19. The van der Waals surface area contributed by atoms with E-state index in [1.165, 1.54) is 0 Å². The number of hydrogen-bond acceptors (Lipinski definition) is 5. The third-order valence-electron chi connectivity index (χ3n) is 2.93. The molecule has 1 aliphatic heterocycles. The molecule has 18 heavy (non-hydrogen) atoms. The van der Waals surface area contributed by atoms with Crippen molar-refractivity contribution < 1.29 is 9.63 Å². The molecule has 0 aliphatic carbocycles. The normalized spacial score (nSPS) is 19.4. The zero-order chi connectivity index (χ0) is 12.5. The van der Waals surface area contributed by atoms with Crippen LogP contribution < -0.4 is 4.90 Å². The molecule has 1 aromatic carbocycles. The largest absolute Gasteiger partial charge is 0.391 e. The summed E-state index contributed by atoms with van der Waals surface area (Å²) in [6.45, 7) is 1.27. The standard InChI is InChI=1S/C12H12ClN3O2/c13-9-3-1-2-8(6-9)11-14-12(18-15-11)16-5-4-10(17)7-16/h1-3,6,10,17H,4-5,7H2/t10-/m0/s1. The minimum absolute atomic E-state index is 0.313. The first-order chi connectivity index (χ1) is 8.72. The van der Waals surface area contributed by atoms with Gasteiger partial charge in [-0.3, -0.25) is 0 Å². The topological polar surface area (TPSA) is 62.4 Å². The number of halogens is 1. The number of aliphatic hydroxyl groups is 1. The van der Waals surface area contributed by atoms with Crippen LogP contribution >= 0.6 is 11.6 Å². The first-order valence-electron chi connectivity index (χ1n) is 5.75. The number of aromatic nitrogens is 2. The molecular weight excluding hydrogens is 254 g/mol. The van der Waals surface area contributed by atoms with Crippen LogP contribution in [0.2, 0.25) is 5.02 Å². The van der Waals surface area contributed by atoms with E-state index in [1.807, 2.05) is 17.0 Å². The highest BCUT2D eigenvalue weighted by molar-refractivity contribution is 6.30. The van der Waals surface area contributed by atoms with Crippen LogP contribution in [0.4, 0.5) is 6.01 Å². The fourth-order valence-electron chi connectivity index (χ4n) is 2.00. The molecule has 0 saturated carbocycles. The number of nitrogens with zero attached hydrogens (tertiary/aromatic N) is 3. The minimum Gasteiger partial charge on any atom is -0.391 e. The van der Waals surface area contributed by atoms with Crippen molar-refractivity contribution >= 4 is 17.6 Å². The Balaban J connectivity index is 1.85. The number of hydrogen-bond donors (Lipinski definition) is 1. The third-order valence-corrected chi connectivity index (χ3v) is 3.17. The van der Waals surface area contributed by atoms with Gasteiger partial charge in [-0.15, -0.1) is 0 Å². The summed E-state index contributed by atoms with van der Waals surface area (Å²) in [5.74, 6) is 0.508. The average Bonchev–Trinajstić information content (AvgIpc) is 2.97. The summed E-state index contributed by atoms with van der Waals surface area (Å²) in [4.78, 5) is 6.20. The van der Waals surface area contributed by atoms with Crippen LogP contribution in [-0.2, 0) is 0 Å². The number of benzene rings is 1. The van der Waals surface area contributed by atoms with E-state index in [1.54, 1.807) is 12.1 Å². The summed E-state index contributed by atoms with van der Waals surface area (Å²) in [7, 11) is 0. The van der Waals surface area contributed by atoms with E-state index in [0.29, 0.717) is 23.4 Å². The van der Waals surface area contributed by atoms with Crippen molar-refractivity contribution in [1.29, 1.82) is 0 Å². The molecule has 0 radical (unpaired) electrons. The summed E-state index contributed by atoms with van der Waals surface area (Å²) in [5, 5.41) is 14.0. The van der Waals surface area contributed by atoms with E-state index in [9.17, 15) is 5.11 Å². The summed E-state index contributed by atoms with van der Waals surface area (Å²) in [6.07, 6.45) is 0.418. The van der Waals surface area contributed by atoms with E-state index in [2.05, 4.69) is 10.1 Å². The Bertz CT molecular complexity index is 558. The van der Waals surface area contributed by atoms with Crippen molar-refractivity contribution in [3.63, 3.8) is 0 Å². The molecule has 5 nitrogen and oxygen atoms in total. The predicted molar refractivity (Wildman–Crippen MR) is 67.6 cm³/mol. The molecule has 2 aromatic rings. The van der Waals surface area contributed by atoms with Gasteiger partial charge >= 0.3 is 6.01 Å². The fraction of sp³-hybridized carbons (Fsp3) is 0.333. The van der Waals surface area contributed by atoms with Crippen LogP contribution in [0.1, 0.15) is 6.42 Å². The molecule has 2 heterocycles. The van der Waals surface area contributed by atoms with Crippen molar-refractivity contribution in [2.75, 3.05) is 18.0 Å². The molecular formula is C12H12ClN3O2. The van der Waals surface area contributed by atoms with Gasteiger partial charge in [0, 0.05) is 23.7 Å². The lowest BCUT2D eigenvalue weighted by atomic mass is 10.2. The van der Waals surface area contributed by atoms with Crippen molar-refractivity contribution in [3.05, 3.63) is 29.3 Å². The van der Waals surface area contributed by atoms with E-state index in [4.69, 9.17) is 16.1 Å². The predicted octanol–water partition coefficient (Wildman–Crippen LogP) is 1.96. The highest BCUT2D eigenvalue weighted by Gasteiger charge is 2.24. The molecule has 1 saturated heterocycles. The monoisotopic (exact) mass is 265 g/mol. The highest BCUT2D eigenvalue weighted by Crippen LogP contribution is 2.24. The summed E-state index contributed by atoms with van der Waals surface area (Å²) >= 11 is 5.92. The van der Waals surface area contributed by atoms with Crippen molar-refractivity contribution in [1.82, 2.24) is 10.1 Å². The van der Waals surface area contributed by atoms with Gasteiger partial charge in [-0.1, -0.05) is 28.9 Å². The molecule has 0 unspecified atom stereocenters. The van der Waals surface area contributed by atoms with Crippen LogP contribution in [0, 0.1) is 0 Å². The van der Waals surface area contributed by atoms with Crippen LogP contribution in [0.3, 0.4) is 0 Å². The molecule has 94 valence electrons. The molecule has 1 N–H and O–H groups in total. The van der Waals surface area contributed by atoms with E-state index >= 15 is 0 Å². The summed E-state index contributed by atoms with van der Waals surface area (Å²) in [6, 6.07) is 7.74. The zero-order valence-electron chi connectivity index (χ0n) is 9.58. The summed E-state index contributed by atoms with van der Waals surface area (Å²) in [5.41, 5.74) is 0.817. The van der Waals surface area contributed by atoms with Gasteiger partial charge < -0.3 is 14.5 Å². The first kappa shape index (κ1) is 11.5. The van der Waals surface area contributed by atoms with Gasteiger partial charge in [-0.2, -0.15) is 4.98 Å². The Hall–Kier alpha value is -1.59. The van der Waals surface area contributed by atoms with Gasteiger partial charge in [0.15, 0.2) is 0 Å². The first-order valence-corrected chi connectivity index (χ1v) is 6.13. The lowest BCUT2D eigenvalue weighted by molar-refractivity contribution is 0.197. The number of aliphatic hydroxyl groups excluding tert-OH is 1. The van der Waals surface area contributed by atoms with Gasteiger partial charge in [-0.25, -0.2) is 0 Å². The highest BCUT2D eigenvalue weighted by atomic mass is 35.5. The lowest BCUT2D eigenvalue weighted by Gasteiger charge is -2.09. The molecule has 1 aromatic heterocycles. The van der Waals surface area contributed by atoms with Crippen LogP contribution in [0.15, 0.2) is 28.8 Å². The van der Waals surface area contributed by atoms with Crippen molar-refractivity contribution in [2.45, 2.75) is 12.5 Å². The van der Waals surface area contributed by atoms with Gasteiger partial charge in [0.1, 0.15) is 0 Å². The Morgan fingerprint density at radius 1 is 1.44 bits per heavy atom. The number of β-amino-alcohol motifs (C(OH)–C–C–N with tert-alkyl or cyclic N) is 1. The quantitative estimate of drug-likeness (QED) is 0.899. The third kappa shape index (κ3) is 2.19. The average molecular weight is 266 g/mol. The SMILES string of the molecule is O[C@H]1CCN(c2nc(-c3cccc(Cl)c3)no2)C1. The Morgan fingerprint density at radius 2 is 2.33 bits per heavy atom. The van der Waals surface area contributed by atoms with E-state index in [0.717, 1.165) is 18.5 Å². The molecule has 1 atom stereocenters. The molecule has 0 amide bonds. The maximum absolute atomic E-state index is 9.47. The summed E-state index contributed by atoms with van der Waals surface area (Å²) < 4.78 is 5.20. The maximum atomic E-state index is 9.47. The van der Waals surface area contributed by atoms with E-state index in [-0.39, 0.29) is 6.10 Å². The second-order valence-corrected chi connectivity index (χ2v) is 4.74. The molecule has 6 heteroatoms. The Labute approximate surface area is 109 Å². The van der Waals surface area contributed by atoms with Crippen LogP contribution in [0.25, 0.3) is 11.4 Å². The van der Waals surface area contributed by atoms with E-state index < -0.39 is 0 Å². The molecule has 1 fully saturated rings. The number of anilines is 1. The smallest absolute Gasteiger partial charge is 0.324 e. The van der Waals surface area contributed by atoms with Crippen LogP contribution in [-0.4, -0.2) is 34.4 Å². The molecule has 0 spiro atoms. The van der Waals surface area contributed by atoms with Crippen molar-refractivity contribution in [3.8, 4) is 11.4 Å². The van der Waals surface area contributed by atoms with Gasteiger partial charge in [0.2, 0.25) is 5.82 Å². The Morgan fingerprint density at radius 3 is 3.06 bits per heavy atom. The molecule has 1 aliphatic rings. The zero-order valence-corrected chi connectivity index (χ0v) is 10.3. The maximum Gasteiger partial charge on any atom is 0.324 e. The van der Waals surface area contributed by atoms with Crippen LogP contribution in [0.5, 0.6) is 0 Å². The van der Waals surface area contributed by atoms with Gasteiger partial charge in [-0.05, 0) is 18.6 Å². The second kappa shape index (κ2) is 4.59. The second-order valence-electron chi connectivity index (χ2n) is 4.30. The Kier molecular flexibility index (Phi) is 2.93. The van der Waals surface area contributed by atoms with Gasteiger partial charge in [0.05, 0.1) is 6.10 Å². The van der Waals surface area contributed by atoms with Gasteiger partial charge in [0.25, 0.3) is 0 Å². The minimum atomic E-state index is -0.313. The molecule has 3 rings (SSSR count). The van der Waals surface area contributed by atoms with Crippen molar-refractivity contribution in [2.24, 2.45) is 0 Å². The number of rotatable bonds is 2. The molecule has 0 bridgehead atoms.